The summed E-state index contributed by atoms with van der Waals surface area (Å²) in [6.45, 7) is 4.59. The van der Waals surface area contributed by atoms with Crippen molar-refractivity contribution in [2.75, 3.05) is 34.4 Å². The van der Waals surface area contributed by atoms with E-state index in [-0.39, 0.29) is 0 Å². The molecule has 0 aromatic carbocycles. The molecule has 2 atom stereocenters. The number of likely N-dealkylation sites (tertiary alicyclic amines) is 1. The van der Waals surface area contributed by atoms with Crippen LogP contribution in [0.1, 0.15) is 51.9 Å². The van der Waals surface area contributed by atoms with Crippen LogP contribution in [-0.4, -0.2) is 53.8 Å². The molecule has 0 aromatic heterocycles. The Morgan fingerprint density at radius 3 is 2.14 bits per heavy atom. The normalized spacial score (nSPS) is 28.6. The standard InChI is InChI=1S/C16H33NO3Si/c1-14-13-17(16(14)21(18-2,19-3)20-4)12-8-11-15-9-6-5-7-10-15/h14-16H,5-13H2,1-4H3. The van der Waals surface area contributed by atoms with E-state index in [1.165, 1.54) is 44.9 Å². The van der Waals surface area contributed by atoms with Crippen molar-refractivity contribution in [2.24, 2.45) is 11.8 Å². The van der Waals surface area contributed by atoms with E-state index in [0.717, 1.165) is 19.0 Å². The average Bonchev–Trinajstić information content (AvgIpc) is 2.52. The zero-order valence-corrected chi connectivity index (χ0v) is 15.3. The Hall–Kier alpha value is 0.0569. The molecule has 5 heteroatoms. The van der Waals surface area contributed by atoms with Crippen molar-refractivity contribution in [1.82, 2.24) is 4.90 Å². The second-order valence-electron chi connectivity index (χ2n) is 6.78. The number of nitrogens with zero attached hydrogens (tertiary/aromatic N) is 1. The van der Waals surface area contributed by atoms with Crippen LogP contribution in [0.4, 0.5) is 0 Å². The van der Waals surface area contributed by atoms with Crippen LogP contribution in [0, 0.1) is 11.8 Å². The van der Waals surface area contributed by atoms with Crippen LogP contribution in [0.5, 0.6) is 0 Å². The Morgan fingerprint density at radius 1 is 1.00 bits per heavy atom. The van der Waals surface area contributed by atoms with Crippen molar-refractivity contribution >= 4 is 8.80 Å². The molecule has 0 radical (unpaired) electrons. The molecule has 1 saturated carbocycles. The first kappa shape index (κ1) is 17.4. The minimum atomic E-state index is -2.52. The van der Waals surface area contributed by atoms with Crippen molar-refractivity contribution in [3.8, 4) is 0 Å². The van der Waals surface area contributed by atoms with Gasteiger partial charge in [0.1, 0.15) is 0 Å². The molecule has 0 spiro atoms. The van der Waals surface area contributed by atoms with Gasteiger partial charge in [-0.2, -0.15) is 0 Å². The van der Waals surface area contributed by atoms with Crippen molar-refractivity contribution in [3.63, 3.8) is 0 Å². The fraction of sp³-hybridized carbons (Fsp3) is 1.00. The van der Waals surface area contributed by atoms with Crippen LogP contribution in [0.15, 0.2) is 0 Å². The lowest BCUT2D eigenvalue weighted by Crippen LogP contribution is -2.71. The summed E-state index contributed by atoms with van der Waals surface area (Å²) in [5, 5.41) is 0. The van der Waals surface area contributed by atoms with Gasteiger partial charge in [0, 0.05) is 27.9 Å². The van der Waals surface area contributed by atoms with Crippen LogP contribution < -0.4 is 0 Å². The van der Waals surface area contributed by atoms with Gasteiger partial charge in [-0.25, -0.2) is 0 Å². The van der Waals surface area contributed by atoms with E-state index in [0.29, 0.717) is 11.6 Å². The largest absolute Gasteiger partial charge is 0.518 e. The fourth-order valence-electron chi connectivity index (χ4n) is 4.28. The number of rotatable bonds is 8. The second kappa shape index (κ2) is 8.06. The van der Waals surface area contributed by atoms with Gasteiger partial charge in [-0.1, -0.05) is 39.0 Å². The van der Waals surface area contributed by atoms with Gasteiger partial charge in [0.2, 0.25) is 0 Å². The molecule has 2 fully saturated rings. The minimum Gasteiger partial charge on any atom is -0.376 e. The summed E-state index contributed by atoms with van der Waals surface area (Å²) in [5.74, 6) is 1.58. The number of hydrogen-bond acceptors (Lipinski definition) is 4. The minimum absolute atomic E-state index is 0.337. The first-order valence-corrected chi connectivity index (χ1v) is 10.4. The quantitative estimate of drug-likeness (QED) is 0.644. The lowest BCUT2D eigenvalue weighted by molar-refractivity contribution is -0.00587. The third-order valence-corrected chi connectivity index (χ3v) is 8.82. The third kappa shape index (κ3) is 3.88. The lowest BCUT2D eigenvalue weighted by atomic mass is 9.86. The summed E-state index contributed by atoms with van der Waals surface area (Å²) in [5.41, 5.74) is 0.337. The van der Waals surface area contributed by atoms with Crippen molar-refractivity contribution in [2.45, 2.75) is 57.5 Å². The van der Waals surface area contributed by atoms with E-state index in [4.69, 9.17) is 13.3 Å². The lowest BCUT2D eigenvalue weighted by Gasteiger charge is -2.51. The molecular formula is C16H33NO3Si. The monoisotopic (exact) mass is 315 g/mol. The van der Waals surface area contributed by atoms with Crippen LogP contribution >= 0.6 is 0 Å². The van der Waals surface area contributed by atoms with Crippen LogP contribution in [-0.2, 0) is 13.3 Å². The van der Waals surface area contributed by atoms with Gasteiger partial charge in [0.05, 0.1) is 5.67 Å². The molecule has 0 bridgehead atoms. The highest BCUT2D eigenvalue weighted by Crippen LogP contribution is 2.34. The van der Waals surface area contributed by atoms with Crippen LogP contribution in [0.2, 0.25) is 0 Å². The molecule has 4 nitrogen and oxygen atoms in total. The Labute approximate surface area is 131 Å². The Kier molecular flexibility index (Phi) is 6.68. The number of hydrogen-bond donors (Lipinski definition) is 0. The maximum Gasteiger partial charge on any atom is 0.518 e. The highest BCUT2D eigenvalue weighted by Gasteiger charge is 2.57. The molecule has 0 N–H and O–H groups in total. The predicted molar refractivity (Wildman–Crippen MR) is 87.1 cm³/mol. The van der Waals surface area contributed by atoms with E-state index in [1.807, 2.05) is 0 Å². The maximum atomic E-state index is 5.69. The maximum absolute atomic E-state index is 5.69. The summed E-state index contributed by atoms with van der Waals surface area (Å²) in [6.07, 6.45) is 9.93. The summed E-state index contributed by atoms with van der Waals surface area (Å²) in [6, 6.07) is 0. The van der Waals surface area contributed by atoms with E-state index in [2.05, 4.69) is 11.8 Å². The summed E-state index contributed by atoms with van der Waals surface area (Å²) >= 11 is 0. The predicted octanol–water partition coefficient (Wildman–Crippen LogP) is 3.08. The molecule has 1 heterocycles. The zero-order chi connectivity index (χ0) is 15.3. The van der Waals surface area contributed by atoms with Crippen molar-refractivity contribution < 1.29 is 13.3 Å². The molecule has 21 heavy (non-hydrogen) atoms. The summed E-state index contributed by atoms with van der Waals surface area (Å²) in [7, 11) is 2.66. The van der Waals surface area contributed by atoms with Crippen molar-refractivity contribution in [1.29, 1.82) is 0 Å². The first-order chi connectivity index (χ1) is 10.2. The second-order valence-corrected chi connectivity index (χ2v) is 9.80. The van der Waals surface area contributed by atoms with Gasteiger partial charge in [-0.15, -0.1) is 0 Å². The first-order valence-electron chi connectivity index (χ1n) is 8.56. The zero-order valence-electron chi connectivity index (χ0n) is 14.3. The topological polar surface area (TPSA) is 30.9 Å². The van der Waals surface area contributed by atoms with Gasteiger partial charge >= 0.3 is 8.80 Å². The van der Waals surface area contributed by atoms with Crippen LogP contribution in [0.25, 0.3) is 0 Å². The van der Waals surface area contributed by atoms with Gasteiger partial charge in [-0.3, -0.25) is 4.90 Å². The van der Waals surface area contributed by atoms with E-state index in [9.17, 15) is 0 Å². The average molecular weight is 316 g/mol. The molecule has 1 aliphatic heterocycles. The van der Waals surface area contributed by atoms with Gasteiger partial charge in [0.25, 0.3) is 0 Å². The molecule has 0 aromatic rings. The fourth-order valence-corrected chi connectivity index (χ4v) is 6.99. The molecular weight excluding hydrogens is 282 g/mol. The van der Waals surface area contributed by atoms with Gasteiger partial charge < -0.3 is 13.3 Å². The van der Waals surface area contributed by atoms with E-state index >= 15 is 0 Å². The molecule has 1 aliphatic carbocycles. The molecule has 2 unspecified atom stereocenters. The third-order valence-electron chi connectivity index (χ3n) is 5.45. The Bertz CT molecular complexity index is 298. The highest BCUT2D eigenvalue weighted by molar-refractivity contribution is 6.62. The molecule has 0 amide bonds. The summed E-state index contributed by atoms with van der Waals surface area (Å²) in [4.78, 5) is 2.52. The smallest absolute Gasteiger partial charge is 0.376 e. The van der Waals surface area contributed by atoms with E-state index in [1.54, 1.807) is 21.3 Å². The Morgan fingerprint density at radius 2 is 1.62 bits per heavy atom. The molecule has 2 rings (SSSR count). The molecule has 1 saturated heterocycles. The summed E-state index contributed by atoms with van der Waals surface area (Å²) < 4.78 is 17.1. The van der Waals surface area contributed by atoms with Crippen molar-refractivity contribution in [3.05, 3.63) is 0 Å². The SMILES string of the molecule is CO[Si](OC)(OC)C1C(C)CN1CCCC1CCCCC1. The highest BCUT2D eigenvalue weighted by atomic mass is 28.4. The molecule has 2 aliphatic rings. The Balaban J connectivity index is 1.80. The van der Waals surface area contributed by atoms with Gasteiger partial charge in [-0.05, 0) is 31.2 Å². The molecule has 124 valence electrons. The van der Waals surface area contributed by atoms with Gasteiger partial charge in [0.15, 0.2) is 0 Å². The van der Waals surface area contributed by atoms with Crippen LogP contribution in [0.3, 0.4) is 0 Å². The van der Waals surface area contributed by atoms with E-state index < -0.39 is 8.80 Å².